The monoisotopic (exact) mass is 324 g/mol. The van der Waals surface area contributed by atoms with Gasteiger partial charge in [-0.15, -0.1) is 0 Å². The number of rotatable bonds is 2. The molecule has 0 unspecified atom stereocenters. The van der Waals surface area contributed by atoms with E-state index in [0.29, 0.717) is 38.2 Å². The Morgan fingerprint density at radius 2 is 2.09 bits per heavy atom. The van der Waals surface area contributed by atoms with E-state index in [2.05, 4.69) is 10.2 Å². The Morgan fingerprint density at radius 1 is 1.32 bits per heavy atom. The van der Waals surface area contributed by atoms with E-state index in [4.69, 9.17) is 0 Å². The molecule has 3 heterocycles. The summed E-state index contributed by atoms with van der Waals surface area (Å²) >= 11 is 0. The largest absolute Gasteiger partial charge is 0.339 e. The lowest BCUT2D eigenvalue weighted by atomic mass is 10.0. The van der Waals surface area contributed by atoms with Crippen LogP contribution in [-0.2, 0) is 10.0 Å². The van der Waals surface area contributed by atoms with Gasteiger partial charge in [0.1, 0.15) is 0 Å². The first-order valence-electron chi connectivity index (χ1n) is 7.59. The molecule has 2 aliphatic rings. The van der Waals surface area contributed by atoms with Crippen molar-refractivity contribution in [2.75, 3.05) is 26.2 Å². The highest BCUT2D eigenvalue weighted by Crippen LogP contribution is 2.34. The summed E-state index contributed by atoms with van der Waals surface area (Å²) in [5.41, 5.74) is 0.500. The maximum atomic E-state index is 12.5. The summed E-state index contributed by atoms with van der Waals surface area (Å²) in [4.78, 5) is 14.2. The van der Waals surface area contributed by atoms with Gasteiger partial charge in [-0.25, -0.2) is 12.7 Å². The molecule has 1 amide bonds. The molecule has 8 heteroatoms. The molecular formula is C14H20N4O3S. The van der Waals surface area contributed by atoms with E-state index in [0.717, 1.165) is 6.42 Å². The smallest absolute Gasteiger partial charge is 0.255 e. The van der Waals surface area contributed by atoms with Gasteiger partial charge >= 0.3 is 0 Å². The first-order valence-corrected chi connectivity index (χ1v) is 9.09. The zero-order chi connectivity index (χ0) is 15.7. The van der Waals surface area contributed by atoms with Gasteiger partial charge in [-0.3, -0.25) is 4.79 Å². The fourth-order valence-corrected chi connectivity index (χ4v) is 5.66. The molecule has 0 N–H and O–H groups in total. The number of hydrogen-bond donors (Lipinski definition) is 0. The van der Waals surface area contributed by atoms with E-state index in [1.807, 2.05) is 6.92 Å². The van der Waals surface area contributed by atoms with Gasteiger partial charge < -0.3 is 4.90 Å². The van der Waals surface area contributed by atoms with Crippen LogP contribution in [0.1, 0.15) is 30.1 Å². The number of nitrogens with zero attached hydrogens (tertiary/aromatic N) is 4. The lowest BCUT2D eigenvalue weighted by Crippen LogP contribution is -2.34. The number of amides is 1. The molecule has 0 aliphatic carbocycles. The van der Waals surface area contributed by atoms with Crippen LogP contribution in [-0.4, -0.2) is 65.2 Å². The first-order chi connectivity index (χ1) is 10.5. The highest BCUT2D eigenvalue weighted by molar-refractivity contribution is 7.90. The van der Waals surface area contributed by atoms with Crippen molar-refractivity contribution in [2.45, 2.75) is 25.0 Å². The predicted octanol–water partition coefficient (Wildman–Crippen LogP) is 0.363. The maximum absolute atomic E-state index is 12.5. The van der Waals surface area contributed by atoms with Gasteiger partial charge in [-0.2, -0.15) is 10.2 Å². The molecule has 0 spiro atoms. The van der Waals surface area contributed by atoms with E-state index in [1.165, 1.54) is 12.4 Å². The fraction of sp³-hybridized carbons (Fsp3) is 0.643. The van der Waals surface area contributed by atoms with Crippen LogP contribution >= 0.6 is 0 Å². The predicted molar refractivity (Wildman–Crippen MR) is 80.6 cm³/mol. The van der Waals surface area contributed by atoms with Crippen molar-refractivity contribution in [1.82, 2.24) is 19.4 Å². The third kappa shape index (κ3) is 2.61. The summed E-state index contributed by atoms with van der Waals surface area (Å²) < 4.78 is 26.5. The molecule has 1 aromatic heterocycles. The van der Waals surface area contributed by atoms with E-state index in [1.54, 1.807) is 15.3 Å². The van der Waals surface area contributed by atoms with Crippen molar-refractivity contribution < 1.29 is 13.2 Å². The van der Waals surface area contributed by atoms with Crippen LogP contribution < -0.4 is 0 Å². The van der Waals surface area contributed by atoms with Crippen LogP contribution in [0.3, 0.4) is 0 Å². The number of fused-ring (bicyclic) bond motifs is 1. The van der Waals surface area contributed by atoms with E-state index < -0.39 is 10.0 Å². The minimum absolute atomic E-state index is 0.0976. The topological polar surface area (TPSA) is 83.5 Å². The zero-order valence-electron chi connectivity index (χ0n) is 12.6. The summed E-state index contributed by atoms with van der Waals surface area (Å²) in [6.07, 6.45) is 4.17. The molecule has 7 nitrogen and oxygen atoms in total. The molecule has 22 heavy (non-hydrogen) atoms. The van der Waals surface area contributed by atoms with E-state index in [-0.39, 0.29) is 17.1 Å². The molecule has 120 valence electrons. The lowest BCUT2D eigenvalue weighted by Gasteiger charge is -2.21. The average Bonchev–Trinajstić information content (AvgIpc) is 2.68. The SMILES string of the molecule is CCN1C[C@@H]2CCN(C(=O)c3ccnnc3)CC[C@@H]2S1(=O)=O. The molecule has 2 atom stereocenters. The number of likely N-dealkylation sites (tertiary alicyclic amines) is 1. The average molecular weight is 324 g/mol. The highest BCUT2D eigenvalue weighted by atomic mass is 32.2. The van der Waals surface area contributed by atoms with Gasteiger partial charge in [0.15, 0.2) is 0 Å². The molecule has 0 aromatic carbocycles. The second-order valence-corrected chi connectivity index (χ2v) is 7.95. The molecule has 2 aliphatic heterocycles. The molecular weight excluding hydrogens is 304 g/mol. The zero-order valence-corrected chi connectivity index (χ0v) is 13.4. The maximum Gasteiger partial charge on any atom is 0.255 e. The van der Waals surface area contributed by atoms with Gasteiger partial charge in [-0.05, 0) is 24.8 Å². The Balaban J connectivity index is 1.74. The van der Waals surface area contributed by atoms with Crippen LogP contribution in [0, 0.1) is 5.92 Å². The summed E-state index contributed by atoms with van der Waals surface area (Å²) in [6, 6.07) is 1.64. The molecule has 3 rings (SSSR count). The molecule has 2 fully saturated rings. The van der Waals surface area contributed by atoms with Crippen molar-refractivity contribution in [3.05, 3.63) is 24.0 Å². The van der Waals surface area contributed by atoms with Gasteiger partial charge in [0.2, 0.25) is 10.0 Å². The number of hydrogen-bond acceptors (Lipinski definition) is 5. The Kier molecular flexibility index (Phi) is 4.14. The third-order valence-electron chi connectivity index (χ3n) is 4.63. The van der Waals surface area contributed by atoms with Crippen molar-refractivity contribution in [2.24, 2.45) is 5.92 Å². The van der Waals surface area contributed by atoms with Gasteiger partial charge in [0.25, 0.3) is 5.91 Å². The van der Waals surface area contributed by atoms with E-state index >= 15 is 0 Å². The minimum atomic E-state index is -3.20. The number of aromatic nitrogens is 2. The molecule has 1 aromatic rings. The van der Waals surface area contributed by atoms with Crippen LogP contribution in [0.5, 0.6) is 0 Å². The Morgan fingerprint density at radius 3 is 2.77 bits per heavy atom. The Bertz CT molecular complexity index is 649. The fourth-order valence-electron chi connectivity index (χ4n) is 3.41. The Hall–Kier alpha value is -1.54. The van der Waals surface area contributed by atoms with Crippen LogP contribution in [0.15, 0.2) is 18.5 Å². The quantitative estimate of drug-likeness (QED) is 0.784. The van der Waals surface area contributed by atoms with Crippen LogP contribution in [0.25, 0.3) is 0 Å². The van der Waals surface area contributed by atoms with Crippen LogP contribution in [0.4, 0.5) is 0 Å². The molecule has 0 saturated carbocycles. The second-order valence-electron chi connectivity index (χ2n) is 5.79. The van der Waals surface area contributed by atoms with Crippen LogP contribution in [0.2, 0.25) is 0 Å². The lowest BCUT2D eigenvalue weighted by molar-refractivity contribution is 0.0758. The summed E-state index contributed by atoms with van der Waals surface area (Å²) in [5, 5.41) is 7.05. The Labute approximate surface area is 130 Å². The number of sulfonamides is 1. The summed E-state index contributed by atoms with van der Waals surface area (Å²) in [6.45, 7) is 4.05. The summed E-state index contributed by atoms with van der Waals surface area (Å²) in [7, 11) is -3.20. The van der Waals surface area contributed by atoms with E-state index in [9.17, 15) is 13.2 Å². The van der Waals surface area contributed by atoms with Gasteiger partial charge in [-0.1, -0.05) is 6.92 Å². The standard InChI is InChI=1S/C14H20N4O3S/c1-2-18-10-12-4-7-17(8-5-13(12)22(18,20)21)14(19)11-3-6-15-16-9-11/h3,6,9,12-13H,2,4-5,7-8,10H2,1H3/t12-,13-/m0/s1. The minimum Gasteiger partial charge on any atom is -0.339 e. The molecule has 0 bridgehead atoms. The van der Waals surface area contributed by atoms with Crippen molar-refractivity contribution >= 4 is 15.9 Å². The van der Waals surface area contributed by atoms with Gasteiger partial charge in [0, 0.05) is 26.2 Å². The van der Waals surface area contributed by atoms with Crippen molar-refractivity contribution in [3.63, 3.8) is 0 Å². The molecule has 0 radical (unpaired) electrons. The highest BCUT2D eigenvalue weighted by Gasteiger charge is 2.46. The van der Waals surface area contributed by atoms with Gasteiger partial charge in [0.05, 0.1) is 23.2 Å². The number of carbonyl (C=O) groups excluding carboxylic acids is 1. The summed E-state index contributed by atoms with van der Waals surface area (Å²) in [5.74, 6) is 0.0259. The molecule has 2 saturated heterocycles. The van der Waals surface area contributed by atoms with Crippen molar-refractivity contribution in [1.29, 1.82) is 0 Å². The first kappa shape index (κ1) is 15.4. The third-order valence-corrected chi connectivity index (χ3v) is 7.14. The second kappa shape index (κ2) is 5.92. The van der Waals surface area contributed by atoms with Crippen molar-refractivity contribution in [3.8, 4) is 0 Å². The number of carbonyl (C=O) groups is 1. The normalized spacial score (nSPS) is 28.1.